The van der Waals surface area contributed by atoms with Gasteiger partial charge in [0.25, 0.3) is 0 Å². The number of rotatable bonds is 2. The highest BCUT2D eigenvalue weighted by Crippen LogP contribution is 2.10. The largest absolute Gasteiger partial charge is 0.359 e. The van der Waals surface area contributed by atoms with Crippen LogP contribution in [0.3, 0.4) is 0 Å². The van der Waals surface area contributed by atoms with Crippen molar-refractivity contribution in [1.82, 2.24) is 20.4 Å². The molecule has 2 N–H and O–H groups in total. The van der Waals surface area contributed by atoms with Gasteiger partial charge in [-0.2, -0.15) is 5.10 Å². The second kappa shape index (κ2) is 4.82. The topological polar surface area (TPSA) is 54.2 Å². The first-order valence-corrected chi connectivity index (χ1v) is 4.97. The third-order valence-electron chi connectivity index (χ3n) is 2.55. The Morgan fingerprint density at radius 2 is 2.13 bits per heavy atom. The van der Waals surface area contributed by atoms with Crippen LogP contribution in [0.2, 0.25) is 0 Å². The zero-order chi connectivity index (χ0) is 11.4. The molecule has 0 spiro atoms. The fourth-order valence-electron chi connectivity index (χ4n) is 1.52. The molecular weight excluding hydrogens is 190 g/mol. The Labute approximate surface area is 90.6 Å². The lowest BCUT2D eigenvalue weighted by Gasteiger charge is -2.08. The molecular formula is C10H19N5. The van der Waals surface area contributed by atoms with Crippen molar-refractivity contribution in [2.75, 3.05) is 14.1 Å². The van der Waals surface area contributed by atoms with Crippen molar-refractivity contribution in [2.24, 2.45) is 12.0 Å². The van der Waals surface area contributed by atoms with E-state index in [1.54, 1.807) is 7.05 Å². The summed E-state index contributed by atoms with van der Waals surface area (Å²) >= 11 is 0. The number of aromatic nitrogens is 2. The van der Waals surface area contributed by atoms with Crippen LogP contribution in [0.4, 0.5) is 0 Å². The zero-order valence-electron chi connectivity index (χ0n) is 10.0. The molecule has 0 unspecified atom stereocenters. The summed E-state index contributed by atoms with van der Waals surface area (Å²) in [6.07, 6.45) is 0. The standard InChI is InChI=1S/C10H19N5/c1-7-9(8(2)15(5)14-7)6-13-10(11-3)12-4/h6H2,1-5H3,(H2,11,12,13). The molecule has 1 aromatic heterocycles. The Kier molecular flexibility index (Phi) is 3.71. The minimum Gasteiger partial charge on any atom is -0.359 e. The van der Waals surface area contributed by atoms with E-state index in [1.165, 1.54) is 11.3 Å². The number of guanidine groups is 1. The molecule has 5 heteroatoms. The Bertz CT molecular complexity index is 364. The quantitative estimate of drug-likeness (QED) is 0.545. The summed E-state index contributed by atoms with van der Waals surface area (Å²) in [6, 6.07) is 0. The van der Waals surface area contributed by atoms with Gasteiger partial charge in [0, 0.05) is 38.9 Å². The van der Waals surface area contributed by atoms with Crippen LogP contribution in [-0.2, 0) is 13.6 Å². The van der Waals surface area contributed by atoms with Crippen molar-refractivity contribution < 1.29 is 0 Å². The first kappa shape index (κ1) is 11.6. The number of nitrogens with one attached hydrogen (secondary N) is 2. The van der Waals surface area contributed by atoms with Crippen molar-refractivity contribution >= 4 is 5.96 Å². The van der Waals surface area contributed by atoms with Crippen LogP contribution in [0.25, 0.3) is 0 Å². The van der Waals surface area contributed by atoms with Crippen LogP contribution in [0.1, 0.15) is 17.0 Å². The molecule has 0 aliphatic carbocycles. The minimum absolute atomic E-state index is 0.749. The molecule has 1 rings (SSSR count). The van der Waals surface area contributed by atoms with Crippen LogP contribution >= 0.6 is 0 Å². The van der Waals surface area contributed by atoms with Gasteiger partial charge in [-0.05, 0) is 13.8 Å². The van der Waals surface area contributed by atoms with E-state index in [-0.39, 0.29) is 0 Å². The van der Waals surface area contributed by atoms with Crippen molar-refractivity contribution in [2.45, 2.75) is 20.4 Å². The molecule has 0 saturated carbocycles. The van der Waals surface area contributed by atoms with E-state index in [1.807, 2.05) is 25.7 Å². The van der Waals surface area contributed by atoms with Crippen LogP contribution in [0.5, 0.6) is 0 Å². The predicted octanol–water partition coefficient (Wildman–Crippen LogP) is 0.332. The molecule has 0 saturated heterocycles. The molecule has 0 atom stereocenters. The molecule has 84 valence electrons. The highest BCUT2D eigenvalue weighted by Gasteiger charge is 2.08. The number of hydrogen-bond acceptors (Lipinski definition) is 2. The zero-order valence-corrected chi connectivity index (χ0v) is 10.0. The molecule has 0 radical (unpaired) electrons. The number of aliphatic imine (C=N–C) groups is 1. The summed E-state index contributed by atoms with van der Waals surface area (Å²) in [4.78, 5) is 4.05. The first-order chi connectivity index (χ1) is 7.10. The fourth-order valence-corrected chi connectivity index (χ4v) is 1.52. The average Bonchev–Trinajstić information content (AvgIpc) is 2.45. The molecule has 15 heavy (non-hydrogen) atoms. The summed E-state index contributed by atoms with van der Waals surface area (Å²) in [5, 5.41) is 10.6. The van der Waals surface area contributed by atoms with E-state index < -0.39 is 0 Å². The lowest BCUT2D eigenvalue weighted by atomic mass is 10.2. The number of aryl methyl sites for hydroxylation is 2. The van der Waals surface area contributed by atoms with Crippen LogP contribution in [-0.4, -0.2) is 29.8 Å². The highest BCUT2D eigenvalue weighted by atomic mass is 15.3. The van der Waals surface area contributed by atoms with Gasteiger partial charge >= 0.3 is 0 Å². The summed E-state index contributed by atoms with van der Waals surface area (Å²) in [5.41, 5.74) is 3.48. The van der Waals surface area contributed by atoms with Gasteiger partial charge in [0.05, 0.1) is 5.69 Å². The van der Waals surface area contributed by atoms with E-state index in [0.29, 0.717) is 0 Å². The van der Waals surface area contributed by atoms with Crippen molar-refractivity contribution in [3.05, 3.63) is 17.0 Å². The van der Waals surface area contributed by atoms with Crippen LogP contribution in [0.15, 0.2) is 4.99 Å². The second-order valence-corrected chi connectivity index (χ2v) is 3.45. The van der Waals surface area contributed by atoms with E-state index in [0.717, 1.165) is 18.2 Å². The third-order valence-corrected chi connectivity index (χ3v) is 2.55. The van der Waals surface area contributed by atoms with E-state index in [2.05, 4.69) is 27.6 Å². The Morgan fingerprint density at radius 3 is 2.53 bits per heavy atom. The Morgan fingerprint density at radius 1 is 1.47 bits per heavy atom. The smallest absolute Gasteiger partial charge is 0.190 e. The second-order valence-electron chi connectivity index (χ2n) is 3.45. The average molecular weight is 209 g/mol. The Balaban J connectivity index is 2.73. The van der Waals surface area contributed by atoms with Gasteiger partial charge in [0.2, 0.25) is 0 Å². The fraction of sp³-hybridized carbons (Fsp3) is 0.600. The summed E-state index contributed by atoms with van der Waals surface area (Å²) < 4.78 is 1.90. The normalized spacial score (nSPS) is 11.7. The minimum atomic E-state index is 0.749. The molecule has 5 nitrogen and oxygen atoms in total. The maximum atomic E-state index is 4.36. The van der Waals surface area contributed by atoms with Crippen molar-refractivity contribution in [1.29, 1.82) is 0 Å². The SMILES string of the molecule is CN=C(NC)NCc1c(C)nn(C)c1C. The molecule has 0 aromatic carbocycles. The van der Waals surface area contributed by atoms with Crippen molar-refractivity contribution in [3.63, 3.8) is 0 Å². The summed E-state index contributed by atoms with van der Waals surface area (Å²) in [5.74, 6) is 0.789. The maximum absolute atomic E-state index is 4.36. The Hall–Kier alpha value is -1.52. The number of hydrogen-bond donors (Lipinski definition) is 2. The molecule has 1 heterocycles. The van der Waals surface area contributed by atoms with Gasteiger partial charge in [-0.15, -0.1) is 0 Å². The predicted molar refractivity (Wildman–Crippen MR) is 61.9 cm³/mol. The molecule has 0 fully saturated rings. The molecule has 0 aliphatic heterocycles. The summed E-state index contributed by atoms with van der Waals surface area (Å²) in [7, 11) is 5.55. The maximum Gasteiger partial charge on any atom is 0.190 e. The molecule has 1 aromatic rings. The van der Waals surface area contributed by atoms with Crippen LogP contribution < -0.4 is 10.6 Å². The number of nitrogens with zero attached hydrogens (tertiary/aromatic N) is 3. The molecule has 0 amide bonds. The lowest BCUT2D eigenvalue weighted by Crippen LogP contribution is -2.34. The molecule has 0 bridgehead atoms. The summed E-state index contributed by atoms with van der Waals surface area (Å²) in [6.45, 7) is 4.84. The van der Waals surface area contributed by atoms with E-state index in [9.17, 15) is 0 Å². The van der Waals surface area contributed by atoms with Crippen LogP contribution in [0, 0.1) is 13.8 Å². The van der Waals surface area contributed by atoms with Gasteiger partial charge in [-0.1, -0.05) is 0 Å². The van der Waals surface area contributed by atoms with E-state index >= 15 is 0 Å². The third kappa shape index (κ3) is 2.49. The van der Waals surface area contributed by atoms with Gasteiger partial charge in [-0.3, -0.25) is 9.67 Å². The van der Waals surface area contributed by atoms with E-state index in [4.69, 9.17) is 0 Å². The molecule has 0 aliphatic rings. The van der Waals surface area contributed by atoms with Gasteiger partial charge in [0.15, 0.2) is 5.96 Å². The first-order valence-electron chi connectivity index (χ1n) is 4.97. The van der Waals surface area contributed by atoms with Crippen molar-refractivity contribution in [3.8, 4) is 0 Å². The lowest BCUT2D eigenvalue weighted by molar-refractivity contribution is 0.729. The van der Waals surface area contributed by atoms with Gasteiger partial charge in [0.1, 0.15) is 0 Å². The van der Waals surface area contributed by atoms with Gasteiger partial charge < -0.3 is 10.6 Å². The van der Waals surface area contributed by atoms with Gasteiger partial charge in [-0.25, -0.2) is 0 Å². The highest BCUT2D eigenvalue weighted by molar-refractivity contribution is 5.79. The monoisotopic (exact) mass is 209 g/mol.